The Morgan fingerprint density at radius 2 is 1.86 bits per heavy atom. The summed E-state index contributed by atoms with van der Waals surface area (Å²) in [6.07, 6.45) is 1.38. The lowest BCUT2D eigenvalue weighted by molar-refractivity contribution is -0.138. The van der Waals surface area contributed by atoms with Gasteiger partial charge in [0, 0.05) is 16.5 Å². The number of benzene rings is 2. The third-order valence-electron chi connectivity index (χ3n) is 2.66. The average Bonchev–Trinajstić information content (AvgIpc) is 2.54. The van der Waals surface area contributed by atoms with Crippen LogP contribution >= 0.6 is 11.8 Å². The van der Waals surface area contributed by atoms with Crippen LogP contribution in [0.3, 0.4) is 0 Å². The summed E-state index contributed by atoms with van der Waals surface area (Å²) < 4.78 is 5.12. The Bertz CT molecular complexity index is 675. The van der Waals surface area contributed by atoms with Gasteiger partial charge >= 0.3 is 5.97 Å². The molecule has 2 rings (SSSR count). The number of thioether (sulfide) groups is 1. The number of ether oxygens (including phenoxy) is 1. The molecule has 0 bridgehead atoms. The highest BCUT2D eigenvalue weighted by molar-refractivity contribution is 8.02. The molecule has 2 aromatic carbocycles. The molecular weight excluding hydrogens is 282 g/mol. The van der Waals surface area contributed by atoms with E-state index >= 15 is 0 Å². The van der Waals surface area contributed by atoms with Gasteiger partial charge in [-0.15, -0.1) is 0 Å². The first kappa shape index (κ1) is 14.9. The van der Waals surface area contributed by atoms with Crippen molar-refractivity contribution in [2.45, 2.75) is 11.5 Å². The van der Waals surface area contributed by atoms with Gasteiger partial charge in [-0.05, 0) is 23.6 Å². The van der Waals surface area contributed by atoms with E-state index in [0.717, 1.165) is 4.90 Å². The van der Waals surface area contributed by atoms with Crippen LogP contribution in [0.4, 0.5) is 0 Å². The lowest BCUT2D eigenvalue weighted by Crippen LogP contribution is -2.02. The molecule has 0 saturated carbocycles. The van der Waals surface area contributed by atoms with Crippen molar-refractivity contribution in [2.75, 3.05) is 0 Å². The number of carbonyl (C=O) groups excluding carboxylic acids is 1. The highest BCUT2D eigenvalue weighted by atomic mass is 32.2. The topological polar surface area (TPSA) is 50.1 Å². The van der Waals surface area contributed by atoms with E-state index in [0.29, 0.717) is 11.1 Å². The minimum absolute atomic E-state index is 0.100. The summed E-state index contributed by atoms with van der Waals surface area (Å²) in [5, 5.41) is 10.6. The van der Waals surface area contributed by atoms with Crippen molar-refractivity contribution in [3.63, 3.8) is 0 Å². The van der Waals surface area contributed by atoms with Crippen LogP contribution in [0.5, 0.6) is 0 Å². The zero-order chi connectivity index (χ0) is 14.9. The van der Waals surface area contributed by atoms with Gasteiger partial charge in [0.1, 0.15) is 6.61 Å². The van der Waals surface area contributed by atoms with Gasteiger partial charge in [0.05, 0.1) is 11.6 Å². The fraction of sp³-hybridized carbons (Fsp3) is 0.0588. The fourth-order valence-corrected chi connectivity index (χ4v) is 2.27. The van der Waals surface area contributed by atoms with Crippen LogP contribution in [-0.4, -0.2) is 5.97 Å². The lowest BCUT2D eigenvalue weighted by Gasteiger charge is -2.03. The largest absolute Gasteiger partial charge is 0.458 e. The second kappa shape index (κ2) is 7.93. The summed E-state index contributed by atoms with van der Waals surface area (Å²) in [6, 6.07) is 18.9. The number of nitrogens with zero attached hydrogens (tertiary/aromatic N) is 1. The Morgan fingerprint density at radius 3 is 2.62 bits per heavy atom. The van der Waals surface area contributed by atoms with E-state index in [2.05, 4.69) is 6.07 Å². The smallest absolute Gasteiger partial charge is 0.331 e. The normalized spacial score (nSPS) is 10.2. The van der Waals surface area contributed by atoms with Gasteiger partial charge in [0.2, 0.25) is 0 Å². The second-order valence-electron chi connectivity index (χ2n) is 4.11. The highest BCUT2D eigenvalue weighted by Gasteiger charge is 2.03. The maximum absolute atomic E-state index is 11.6. The van der Waals surface area contributed by atoms with Crippen molar-refractivity contribution >= 4 is 17.7 Å². The Hall–Kier alpha value is -2.51. The molecule has 0 aliphatic heterocycles. The predicted molar refractivity (Wildman–Crippen MR) is 82.4 cm³/mol. The van der Waals surface area contributed by atoms with Crippen molar-refractivity contribution in [1.82, 2.24) is 0 Å². The second-order valence-corrected chi connectivity index (χ2v) is 5.09. The van der Waals surface area contributed by atoms with Gasteiger partial charge in [-0.3, -0.25) is 0 Å². The summed E-state index contributed by atoms with van der Waals surface area (Å²) in [4.78, 5) is 12.7. The number of rotatable bonds is 5. The van der Waals surface area contributed by atoms with Gasteiger partial charge in [-0.1, -0.05) is 48.2 Å². The van der Waals surface area contributed by atoms with Crippen LogP contribution in [0.25, 0.3) is 0 Å². The molecule has 0 aliphatic carbocycles. The van der Waals surface area contributed by atoms with E-state index in [1.165, 1.54) is 17.8 Å². The van der Waals surface area contributed by atoms with E-state index in [1.807, 2.05) is 36.4 Å². The molecule has 0 amide bonds. The monoisotopic (exact) mass is 295 g/mol. The molecule has 0 unspecified atom stereocenters. The van der Waals surface area contributed by atoms with Crippen LogP contribution in [0.2, 0.25) is 0 Å². The summed E-state index contributed by atoms with van der Waals surface area (Å²) in [5.74, 6) is -0.425. The van der Waals surface area contributed by atoms with E-state index in [1.54, 1.807) is 23.6 Å². The molecule has 0 radical (unpaired) electrons. The highest BCUT2D eigenvalue weighted by Crippen LogP contribution is 2.18. The van der Waals surface area contributed by atoms with Crippen LogP contribution in [0.1, 0.15) is 11.1 Å². The number of nitriles is 1. The van der Waals surface area contributed by atoms with Crippen molar-refractivity contribution in [3.8, 4) is 6.07 Å². The molecule has 21 heavy (non-hydrogen) atoms. The van der Waals surface area contributed by atoms with Crippen LogP contribution in [0.15, 0.2) is 71.0 Å². The zero-order valence-corrected chi connectivity index (χ0v) is 12.0. The van der Waals surface area contributed by atoms with E-state index < -0.39 is 5.97 Å². The van der Waals surface area contributed by atoms with E-state index in [4.69, 9.17) is 10.00 Å². The minimum Gasteiger partial charge on any atom is -0.458 e. The minimum atomic E-state index is -0.425. The van der Waals surface area contributed by atoms with Gasteiger partial charge in [-0.25, -0.2) is 4.79 Å². The van der Waals surface area contributed by atoms with E-state index in [9.17, 15) is 4.79 Å². The van der Waals surface area contributed by atoms with E-state index in [-0.39, 0.29) is 6.61 Å². The molecule has 2 aromatic rings. The maximum Gasteiger partial charge on any atom is 0.331 e. The van der Waals surface area contributed by atoms with Crippen molar-refractivity contribution in [2.24, 2.45) is 0 Å². The fourth-order valence-electron chi connectivity index (χ4n) is 1.62. The van der Waals surface area contributed by atoms with Gasteiger partial charge < -0.3 is 4.74 Å². The molecule has 0 fully saturated rings. The molecule has 0 atom stereocenters. The standard InChI is InChI=1S/C17H13NO2S/c18-12-14-6-4-5-7-15(14)13-20-17(19)10-11-21-16-8-2-1-3-9-16/h1-11H,13H2/b11-10+. The lowest BCUT2D eigenvalue weighted by atomic mass is 10.1. The molecule has 3 nitrogen and oxygen atoms in total. The first-order valence-corrected chi connectivity index (χ1v) is 7.20. The van der Waals surface area contributed by atoms with Crippen molar-refractivity contribution in [3.05, 3.63) is 77.2 Å². The van der Waals surface area contributed by atoms with Crippen LogP contribution in [0, 0.1) is 11.3 Å². The molecular formula is C17H13NO2S. The molecule has 0 aliphatic rings. The summed E-state index contributed by atoms with van der Waals surface area (Å²) >= 11 is 1.44. The quantitative estimate of drug-likeness (QED) is 0.477. The SMILES string of the molecule is N#Cc1ccccc1COC(=O)/C=C/Sc1ccccc1. The molecule has 0 spiro atoms. The first-order valence-electron chi connectivity index (χ1n) is 6.32. The third-order valence-corrected chi connectivity index (χ3v) is 3.48. The van der Waals surface area contributed by atoms with Gasteiger partial charge in [0.15, 0.2) is 0 Å². The Kier molecular flexibility index (Phi) is 5.62. The third kappa shape index (κ3) is 4.83. The summed E-state index contributed by atoms with van der Waals surface area (Å²) in [7, 11) is 0. The molecule has 104 valence electrons. The van der Waals surface area contributed by atoms with Crippen molar-refractivity contribution in [1.29, 1.82) is 5.26 Å². The Morgan fingerprint density at radius 1 is 1.14 bits per heavy atom. The van der Waals surface area contributed by atoms with Crippen LogP contribution < -0.4 is 0 Å². The summed E-state index contributed by atoms with van der Waals surface area (Å²) in [5.41, 5.74) is 1.23. The zero-order valence-electron chi connectivity index (χ0n) is 11.2. The van der Waals surface area contributed by atoms with Crippen molar-refractivity contribution < 1.29 is 9.53 Å². The molecule has 0 heterocycles. The van der Waals surface area contributed by atoms with Crippen LogP contribution in [-0.2, 0) is 16.1 Å². The molecule has 0 saturated heterocycles. The number of hydrogen-bond acceptors (Lipinski definition) is 4. The predicted octanol–water partition coefficient (Wildman–Crippen LogP) is 3.91. The Labute approximate surface area is 127 Å². The van der Waals surface area contributed by atoms with Gasteiger partial charge in [0.25, 0.3) is 0 Å². The summed E-state index contributed by atoms with van der Waals surface area (Å²) in [6.45, 7) is 0.100. The van der Waals surface area contributed by atoms with Gasteiger partial charge in [-0.2, -0.15) is 5.26 Å². The first-order chi connectivity index (χ1) is 10.3. The average molecular weight is 295 g/mol. The molecule has 0 aromatic heterocycles. The number of hydrogen-bond donors (Lipinski definition) is 0. The number of esters is 1. The molecule has 4 heteroatoms. The maximum atomic E-state index is 11.6. The molecule has 0 N–H and O–H groups in total. The Balaban J connectivity index is 1.84. The number of carbonyl (C=O) groups is 1.